The fourth-order valence-electron chi connectivity index (χ4n) is 3.20. The van der Waals surface area contributed by atoms with Crippen LogP contribution in [-0.2, 0) is 4.74 Å². The number of halogens is 1. The second-order valence-electron chi connectivity index (χ2n) is 6.22. The van der Waals surface area contributed by atoms with Gasteiger partial charge in [0.05, 0.1) is 29.5 Å². The van der Waals surface area contributed by atoms with E-state index in [-0.39, 0.29) is 17.4 Å². The van der Waals surface area contributed by atoms with Crippen LogP contribution < -0.4 is 4.90 Å². The van der Waals surface area contributed by atoms with E-state index < -0.39 is 11.8 Å². The van der Waals surface area contributed by atoms with Gasteiger partial charge in [-0.15, -0.1) is 0 Å². The number of methoxy groups -OCH3 is 1. The fraction of sp³-hybridized carbons (Fsp3) is 0.0455. The number of esters is 1. The van der Waals surface area contributed by atoms with Gasteiger partial charge in [0.15, 0.2) is 0 Å². The average molecular weight is 375 g/mol. The van der Waals surface area contributed by atoms with Gasteiger partial charge in [-0.05, 0) is 47.5 Å². The number of fused-ring (bicyclic) bond motifs is 1. The van der Waals surface area contributed by atoms with Crippen molar-refractivity contribution in [3.63, 3.8) is 0 Å². The number of hydrogen-bond donors (Lipinski definition) is 0. The molecule has 1 aliphatic rings. The van der Waals surface area contributed by atoms with Crippen molar-refractivity contribution >= 4 is 23.5 Å². The monoisotopic (exact) mass is 375 g/mol. The molecule has 0 atom stereocenters. The Morgan fingerprint density at radius 3 is 1.96 bits per heavy atom. The average Bonchev–Trinajstić information content (AvgIpc) is 2.98. The van der Waals surface area contributed by atoms with E-state index >= 15 is 0 Å². The lowest BCUT2D eigenvalue weighted by Crippen LogP contribution is -2.29. The van der Waals surface area contributed by atoms with E-state index in [0.717, 1.165) is 4.90 Å². The van der Waals surface area contributed by atoms with Crippen LogP contribution in [0.5, 0.6) is 0 Å². The van der Waals surface area contributed by atoms with Gasteiger partial charge in [-0.3, -0.25) is 9.59 Å². The molecule has 2 amide bonds. The fourth-order valence-corrected chi connectivity index (χ4v) is 3.20. The maximum atomic E-state index is 14.2. The molecule has 0 aromatic heterocycles. The first-order valence-electron chi connectivity index (χ1n) is 8.47. The molecule has 0 bridgehead atoms. The van der Waals surface area contributed by atoms with E-state index in [9.17, 15) is 18.8 Å². The summed E-state index contributed by atoms with van der Waals surface area (Å²) in [5.74, 6) is -2.18. The Hall–Kier alpha value is -3.80. The molecular weight excluding hydrogens is 361 g/mol. The Bertz CT molecular complexity index is 1090. The highest BCUT2D eigenvalue weighted by Crippen LogP contribution is 2.30. The van der Waals surface area contributed by atoms with Crippen molar-refractivity contribution in [2.45, 2.75) is 0 Å². The lowest BCUT2D eigenvalue weighted by molar-refractivity contribution is 0.0595. The Balaban J connectivity index is 1.64. The van der Waals surface area contributed by atoms with Crippen molar-refractivity contribution < 1.29 is 23.5 Å². The molecule has 0 saturated heterocycles. The number of carbonyl (C=O) groups is 3. The van der Waals surface area contributed by atoms with Crippen LogP contribution in [0.1, 0.15) is 31.1 Å². The number of hydrogen-bond acceptors (Lipinski definition) is 4. The van der Waals surface area contributed by atoms with Gasteiger partial charge in [-0.25, -0.2) is 14.1 Å². The molecule has 138 valence electrons. The molecule has 0 N–H and O–H groups in total. The van der Waals surface area contributed by atoms with Crippen LogP contribution in [-0.4, -0.2) is 24.9 Å². The molecule has 4 rings (SSSR count). The zero-order valence-corrected chi connectivity index (χ0v) is 14.8. The number of anilines is 1. The molecule has 6 heteroatoms. The smallest absolute Gasteiger partial charge is 0.340 e. The van der Waals surface area contributed by atoms with Crippen molar-refractivity contribution in [2.75, 3.05) is 12.0 Å². The Morgan fingerprint density at radius 1 is 0.857 bits per heavy atom. The highest BCUT2D eigenvalue weighted by Gasteiger charge is 2.36. The third-order valence-electron chi connectivity index (χ3n) is 4.63. The number of nitrogens with zero attached hydrogens (tertiary/aromatic N) is 1. The molecule has 0 fully saturated rings. The van der Waals surface area contributed by atoms with Crippen LogP contribution in [0.3, 0.4) is 0 Å². The zero-order valence-electron chi connectivity index (χ0n) is 14.8. The molecule has 0 aliphatic carbocycles. The number of amides is 2. The summed E-state index contributed by atoms with van der Waals surface area (Å²) in [7, 11) is 1.19. The maximum absolute atomic E-state index is 14.2. The second kappa shape index (κ2) is 6.74. The SMILES string of the molecule is COC(=O)c1ccc(-c2ccc(N3C(=O)c4ccccc4C3=O)cc2)cc1F. The van der Waals surface area contributed by atoms with Crippen molar-refractivity contribution in [1.82, 2.24) is 0 Å². The van der Waals surface area contributed by atoms with E-state index in [4.69, 9.17) is 0 Å². The van der Waals surface area contributed by atoms with Crippen molar-refractivity contribution in [2.24, 2.45) is 0 Å². The molecule has 1 heterocycles. The molecule has 1 aliphatic heterocycles. The second-order valence-corrected chi connectivity index (χ2v) is 6.22. The van der Waals surface area contributed by atoms with Crippen LogP contribution >= 0.6 is 0 Å². The van der Waals surface area contributed by atoms with Crippen LogP contribution in [0.15, 0.2) is 66.7 Å². The van der Waals surface area contributed by atoms with Gasteiger partial charge in [0.2, 0.25) is 0 Å². The minimum absolute atomic E-state index is 0.145. The summed E-state index contributed by atoms with van der Waals surface area (Å²) in [5.41, 5.74) is 2.26. The first kappa shape index (κ1) is 17.6. The molecular formula is C22H14FNO4. The summed E-state index contributed by atoms with van der Waals surface area (Å²) in [5, 5.41) is 0. The van der Waals surface area contributed by atoms with E-state index in [1.54, 1.807) is 54.6 Å². The van der Waals surface area contributed by atoms with Gasteiger partial charge in [-0.1, -0.05) is 30.3 Å². The number of ether oxygens (including phenoxy) is 1. The summed E-state index contributed by atoms with van der Waals surface area (Å²) in [6.07, 6.45) is 0. The summed E-state index contributed by atoms with van der Waals surface area (Å²) in [6.45, 7) is 0. The molecule has 5 nitrogen and oxygen atoms in total. The molecule has 0 unspecified atom stereocenters. The van der Waals surface area contributed by atoms with Gasteiger partial charge in [0.1, 0.15) is 5.82 Å². The highest BCUT2D eigenvalue weighted by molar-refractivity contribution is 6.34. The van der Waals surface area contributed by atoms with E-state index in [1.807, 2.05) is 0 Å². The lowest BCUT2D eigenvalue weighted by atomic mass is 10.0. The number of carbonyl (C=O) groups excluding carboxylic acids is 3. The first-order chi connectivity index (χ1) is 13.5. The van der Waals surface area contributed by atoms with Gasteiger partial charge in [0.25, 0.3) is 11.8 Å². The predicted molar refractivity (Wildman–Crippen MR) is 101 cm³/mol. The lowest BCUT2D eigenvalue weighted by Gasteiger charge is -2.14. The predicted octanol–water partition coefficient (Wildman–Crippen LogP) is 4.08. The highest BCUT2D eigenvalue weighted by atomic mass is 19.1. The van der Waals surface area contributed by atoms with Crippen molar-refractivity contribution in [3.05, 3.63) is 89.2 Å². The van der Waals surface area contributed by atoms with Crippen LogP contribution in [0.4, 0.5) is 10.1 Å². The summed E-state index contributed by atoms with van der Waals surface area (Å²) < 4.78 is 18.7. The van der Waals surface area contributed by atoms with Crippen LogP contribution in [0, 0.1) is 5.82 Å². The molecule has 3 aromatic rings. The van der Waals surface area contributed by atoms with Gasteiger partial charge < -0.3 is 4.74 Å². The molecule has 0 saturated carbocycles. The Kier molecular flexibility index (Phi) is 4.24. The van der Waals surface area contributed by atoms with Gasteiger partial charge in [0, 0.05) is 0 Å². The van der Waals surface area contributed by atoms with E-state index in [0.29, 0.717) is 27.9 Å². The van der Waals surface area contributed by atoms with E-state index in [2.05, 4.69) is 4.74 Å². The van der Waals surface area contributed by atoms with E-state index in [1.165, 1.54) is 19.2 Å². The Labute approximate surface area is 160 Å². The molecule has 0 spiro atoms. The summed E-state index contributed by atoms with van der Waals surface area (Å²) >= 11 is 0. The minimum Gasteiger partial charge on any atom is -0.465 e. The van der Waals surface area contributed by atoms with Crippen LogP contribution in [0.25, 0.3) is 11.1 Å². The van der Waals surface area contributed by atoms with Gasteiger partial charge >= 0.3 is 5.97 Å². The topological polar surface area (TPSA) is 63.7 Å². The number of rotatable bonds is 3. The summed E-state index contributed by atoms with van der Waals surface area (Å²) in [4.78, 5) is 37.7. The Morgan fingerprint density at radius 2 is 1.43 bits per heavy atom. The largest absolute Gasteiger partial charge is 0.465 e. The summed E-state index contributed by atoms with van der Waals surface area (Å²) in [6, 6.07) is 17.5. The zero-order chi connectivity index (χ0) is 19.8. The number of benzene rings is 3. The normalized spacial score (nSPS) is 12.9. The van der Waals surface area contributed by atoms with Crippen molar-refractivity contribution in [1.29, 1.82) is 0 Å². The molecule has 0 radical (unpaired) electrons. The van der Waals surface area contributed by atoms with Crippen molar-refractivity contribution in [3.8, 4) is 11.1 Å². The third kappa shape index (κ3) is 2.75. The maximum Gasteiger partial charge on any atom is 0.340 e. The quantitative estimate of drug-likeness (QED) is 0.511. The first-order valence-corrected chi connectivity index (χ1v) is 8.47. The minimum atomic E-state index is -0.745. The number of imide groups is 1. The molecule has 28 heavy (non-hydrogen) atoms. The third-order valence-corrected chi connectivity index (χ3v) is 4.63. The van der Waals surface area contributed by atoms with Gasteiger partial charge in [-0.2, -0.15) is 0 Å². The van der Waals surface area contributed by atoms with Crippen LogP contribution in [0.2, 0.25) is 0 Å². The molecule has 3 aromatic carbocycles. The standard InChI is InChI=1S/C22H14FNO4/c1-28-22(27)18-11-8-14(12-19(18)23)13-6-9-15(10-7-13)24-20(25)16-4-2-3-5-17(16)21(24)26/h2-12H,1H3.